The quantitative estimate of drug-likeness (QED) is 0.794. The Labute approximate surface area is 99.8 Å². The Morgan fingerprint density at radius 2 is 2.00 bits per heavy atom. The molecule has 0 saturated heterocycles. The first-order chi connectivity index (χ1) is 8.40. The van der Waals surface area contributed by atoms with Crippen LogP contribution in [0.2, 0.25) is 0 Å². The van der Waals surface area contributed by atoms with Gasteiger partial charge in [-0.25, -0.2) is 15.0 Å². The molecule has 1 aliphatic carbocycles. The van der Waals surface area contributed by atoms with Gasteiger partial charge in [0.25, 0.3) is 0 Å². The summed E-state index contributed by atoms with van der Waals surface area (Å²) in [4.78, 5) is 18.2. The van der Waals surface area contributed by atoms with Crippen molar-refractivity contribution in [3.63, 3.8) is 0 Å². The second-order valence-corrected chi connectivity index (χ2v) is 4.52. The van der Waals surface area contributed by atoms with Crippen LogP contribution in [0.3, 0.4) is 0 Å². The molecule has 2 heterocycles. The van der Waals surface area contributed by atoms with E-state index in [0.29, 0.717) is 5.92 Å². The van der Waals surface area contributed by atoms with E-state index < -0.39 is 0 Å². The lowest BCUT2D eigenvalue weighted by Crippen LogP contribution is -2.09. The predicted molar refractivity (Wildman–Crippen MR) is 63.7 cm³/mol. The van der Waals surface area contributed by atoms with Gasteiger partial charge >= 0.3 is 0 Å². The van der Waals surface area contributed by atoms with Crippen molar-refractivity contribution in [2.45, 2.75) is 38.0 Å². The Morgan fingerprint density at radius 1 is 1.18 bits per heavy atom. The maximum Gasteiger partial charge on any atom is 0.199 e. The number of nitrogens with zero attached hydrogens (tertiary/aromatic N) is 4. The minimum atomic E-state index is 0.537. The molecule has 90 valence electrons. The summed E-state index contributed by atoms with van der Waals surface area (Å²) in [7, 11) is 1.61. The molecular formula is C12H16N4O. The van der Waals surface area contributed by atoms with Crippen LogP contribution in [0.5, 0.6) is 0 Å². The van der Waals surface area contributed by atoms with Crippen molar-refractivity contribution in [3.05, 3.63) is 18.3 Å². The van der Waals surface area contributed by atoms with E-state index in [9.17, 15) is 0 Å². The molecule has 3 rings (SSSR count). The van der Waals surface area contributed by atoms with Crippen LogP contribution in [0.1, 0.15) is 43.7 Å². The molecule has 2 aromatic rings. The first-order valence-corrected chi connectivity index (χ1v) is 6.12. The summed E-state index contributed by atoms with van der Waals surface area (Å²) >= 11 is 0. The van der Waals surface area contributed by atoms with Gasteiger partial charge < -0.3 is 4.84 Å². The second-order valence-electron chi connectivity index (χ2n) is 4.52. The van der Waals surface area contributed by atoms with Gasteiger partial charge in [0.15, 0.2) is 5.65 Å². The Morgan fingerprint density at radius 3 is 2.76 bits per heavy atom. The van der Waals surface area contributed by atoms with E-state index in [1.54, 1.807) is 24.5 Å². The highest BCUT2D eigenvalue weighted by Crippen LogP contribution is 2.33. The summed E-state index contributed by atoms with van der Waals surface area (Å²) in [6, 6.07) is 0. The van der Waals surface area contributed by atoms with Gasteiger partial charge in [0, 0.05) is 5.92 Å². The number of rotatable bonds is 2. The van der Waals surface area contributed by atoms with Crippen molar-refractivity contribution < 1.29 is 4.84 Å². The van der Waals surface area contributed by atoms with E-state index >= 15 is 0 Å². The molecule has 0 radical (unpaired) electrons. The SMILES string of the molecule is COn1cnc2c(C3CCCCC3)ncnc21. The zero-order valence-electron chi connectivity index (χ0n) is 9.96. The lowest BCUT2D eigenvalue weighted by molar-refractivity contribution is 0.176. The molecule has 0 atom stereocenters. The zero-order chi connectivity index (χ0) is 11.7. The summed E-state index contributed by atoms with van der Waals surface area (Å²) in [5.41, 5.74) is 2.75. The zero-order valence-corrected chi connectivity index (χ0v) is 9.96. The minimum Gasteiger partial charge on any atom is -0.414 e. The fraction of sp³-hybridized carbons (Fsp3) is 0.583. The van der Waals surface area contributed by atoms with E-state index in [1.165, 1.54) is 32.1 Å². The first kappa shape index (κ1) is 10.5. The molecule has 2 aromatic heterocycles. The van der Waals surface area contributed by atoms with Gasteiger partial charge in [-0.05, 0) is 12.8 Å². The molecule has 1 aliphatic rings. The van der Waals surface area contributed by atoms with Gasteiger partial charge in [0.05, 0.1) is 5.69 Å². The van der Waals surface area contributed by atoms with E-state index in [0.717, 1.165) is 16.9 Å². The van der Waals surface area contributed by atoms with Crippen LogP contribution in [-0.4, -0.2) is 26.8 Å². The maximum atomic E-state index is 5.17. The van der Waals surface area contributed by atoms with Crippen LogP contribution >= 0.6 is 0 Å². The van der Waals surface area contributed by atoms with Gasteiger partial charge in [0.1, 0.15) is 25.3 Å². The third-order valence-electron chi connectivity index (χ3n) is 3.52. The Kier molecular flexibility index (Phi) is 2.66. The van der Waals surface area contributed by atoms with Gasteiger partial charge in [-0.2, -0.15) is 4.73 Å². The van der Waals surface area contributed by atoms with Gasteiger partial charge in [-0.3, -0.25) is 0 Å². The molecule has 1 saturated carbocycles. The normalized spacial score (nSPS) is 17.5. The molecule has 5 heteroatoms. The van der Waals surface area contributed by atoms with E-state index in [2.05, 4.69) is 15.0 Å². The van der Waals surface area contributed by atoms with Crippen molar-refractivity contribution in [2.75, 3.05) is 7.11 Å². The first-order valence-electron chi connectivity index (χ1n) is 6.12. The van der Waals surface area contributed by atoms with Gasteiger partial charge in [-0.15, -0.1) is 0 Å². The molecule has 0 amide bonds. The molecule has 17 heavy (non-hydrogen) atoms. The molecule has 0 aromatic carbocycles. The smallest absolute Gasteiger partial charge is 0.199 e. The molecule has 0 bridgehead atoms. The summed E-state index contributed by atoms with van der Waals surface area (Å²) < 4.78 is 1.59. The summed E-state index contributed by atoms with van der Waals surface area (Å²) in [5, 5.41) is 0. The Hall–Kier alpha value is -1.65. The highest BCUT2D eigenvalue weighted by atomic mass is 16.6. The summed E-state index contributed by atoms with van der Waals surface area (Å²) in [5.74, 6) is 0.537. The van der Waals surface area contributed by atoms with E-state index in [4.69, 9.17) is 4.84 Å². The van der Waals surface area contributed by atoms with E-state index in [-0.39, 0.29) is 0 Å². The number of hydrogen-bond donors (Lipinski definition) is 0. The largest absolute Gasteiger partial charge is 0.414 e. The average Bonchev–Trinajstić information content (AvgIpc) is 2.82. The van der Waals surface area contributed by atoms with Crippen LogP contribution in [-0.2, 0) is 0 Å². The van der Waals surface area contributed by atoms with Crippen molar-refractivity contribution in [1.29, 1.82) is 0 Å². The maximum absolute atomic E-state index is 5.17. The van der Waals surface area contributed by atoms with Crippen molar-refractivity contribution >= 4 is 11.2 Å². The molecule has 1 fully saturated rings. The van der Waals surface area contributed by atoms with Crippen LogP contribution < -0.4 is 4.84 Å². The highest BCUT2D eigenvalue weighted by Gasteiger charge is 2.21. The second kappa shape index (κ2) is 4.31. The molecule has 5 nitrogen and oxygen atoms in total. The average molecular weight is 232 g/mol. The van der Waals surface area contributed by atoms with E-state index in [1.807, 2.05) is 0 Å². The highest BCUT2D eigenvalue weighted by molar-refractivity contribution is 5.73. The molecular weight excluding hydrogens is 216 g/mol. The fourth-order valence-electron chi connectivity index (χ4n) is 2.64. The number of aromatic nitrogens is 4. The van der Waals surface area contributed by atoms with Crippen LogP contribution in [0.4, 0.5) is 0 Å². The fourth-order valence-corrected chi connectivity index (χ4v) is 2.64. The topological polar surface area (TPSA) is 52.8 Å². The van der Waals surface area contributed by atoms with Crippen LogP contribution in [0.15, 0.2) is 12.7 Å². The lowest BCUT2D eigenvalue weighted by Gasteiger charge is -2.20. The number of hydrogen-bond acceptors (Lipinski definition) is 4. The molecule has 0 N–H and O–H groups in total. The van der Waals surface area contributed by atoms with Gasteiger partial charge in [-0.1, -0.05) is 19.3 Å². The Balaban J connectivity index is 2.06. The molecule has 0 unspecified atom stereocenters. The van der Waals surface area contributed by atoms with Gasteiger partial charge in [0.2, 0.25) is 0 Å². The summed E-state index contributed by atoms with van der Waals surface area (Å²) in [6.07, 6.45) is 9.63. The third-order valence-corrected chi connectivity index (χ3v) is 3.52. The monoisotopic (exact) mass is 232 g/mol. The molecule has 0 spiro atoms. The molecule has 0 aliphatic heterocycles. The lowest BCUT2D eigenvalue weighted by atomic mass is 9.86. The minimum absolute atomic E-state index is 0.537. The van der Waals surface area contributed by atoms with Crippen molar-refractivity contribution in [3.8, 4) is 0 Å². The number of imidazole rings is 1. The summed E-state index contributed by atoms with van der Waals surface area (Å²) in [6.45, 7) is 0. The predicted octanol–water partition coefficient (Wildman–Crippen LogP) is 1.93. The number of fused-ring (bicyclic) bond motifs is 1. The third kappa shape index (κ3) is 1.75. The standard InChI is InChI=1S/C12H16N4O/c1-17-16-8-15-11-10(13-7-14-12(11)16)9-5-3-2-4-6-9/h7-9H,2-6H2,1H3. The van der Waals surface area contributed by atoms with Crippen LogP contribution in [0.25, 0.3) is 11.2 Å². The van der Waals surface area contributed by atoms with Crippen molar-refractivity contribution in [2.24, 2.45) is 0 Å². The Bertz CT molecular complexity index is 516. The van der Waals surface area contributed by atoms with Crippen molar-refractivity contribution in [1.82, 2.24) is 19.7 Å². The van der Waals surface area contributed by atoms with Crippen LogP contribution in [0, 0.1) is 0 Å².